The van der Waals surface area contributed by atoms with Gasteiger partial charge in [-0.15, -0.1) is 0 Å². The van der Waals surface area contributed by atoms with Crippen molar-refractivity contribution >= 4 is 17.9 Å². The lowest BCUT2D eigenvalue weighted by atomic mass is 10.3. The summed E-state index contributed by atoms with van der Waals surface area (Å²) in [6.45, 7) is 0. The Balaban J connectivity index is 3.22. The summed E-state index contributed by atoms with van der Waals surface area (Å²) in [4.78, 5) is 10.1. The smallest absolute Gasteiger partial charge is 0.158 e. The Hall–Kier alpha value is -1.52. The van der Waals surface area contributed by atoms with Crippen LogP contribution in [-0.4, -0.2) is 16.5 Å². The van der Waals surface area contributed by atoms with Crippen molar-refractivity contribution in [1.82, 2.24) is 10.2 Å². The molecule has 0 aliphatic heterocycles. The predicted octanol–water partition coefficient (Wildman–Crippen LogP) is -0.613. The maximum Gasteiger partial charge on any atom is 0.158 e. The number of aromatic amines is 1. The molecule has 5 nitrogen and oxygen atoms in total. The van der Waals surface area contributed by atoms with Gasteiger partial charge in [0.2, 0.25) is 0 Å². The van der Waals surface area contributed by atoms with Crippen LogP contribution in [0.2, 0.25) is 0 Å². The number of carbonyl (C=O) groups is 1. The lowest BCUT2D eigenvalue weighted by Gasteiger charge is -1.83. The SMILES string of the molecule is Nc1n[nH]c(N)c1C=O. The Morgan fingerprint density at radius 1 is 1.56 bits per heavy atom. The topological polar surface area (TPSA) is 97.8 Å². The highest BCUT2D eigenvalue weighted by molar-refractivity contribution is 5.87. The van der Waals surface area contributed by atoms with Crippen molar-refractivity contribution in [3.63, 3.8) is 0 Å². The molecule has 0 saturated carbocycles. The van der Waals surface area contributed by atoms with Gasteiger partial charge in [-0.2, -0.15) is 5.10 Å². The molecule has 0 radical (unpaired) electrons. The van der Waals surface area contributed by atoms with E-state index in [0.717, 1.165) is 0 Å². The second kappa shape index (κ2) is 1.77. The molecule has 5 heteroatoms. The number of hydrogen-bond donors (Lipinski definition) is 3. The van der Waals surface area contributed by atoms with Crippen molar-refractivity contribution < 1.29 is 4.79 Å². The van der Waals surface area contributed by atoms with Crippen LogP contribution in [0.3, 0.4) is 0 Å². The number of hydrogen-bond acceptors (Lipinski definition) is 4. The number of aromatic nitrogens is 2. The second-order valence-electron chi connectivity index (χ2n) is 1.55. The van der Waals surface area contributed by atoms with E-state index in [1.165, 1.54) is 0 Å². The summed E-state index contributed by atoms with van der Waals surface area (Å²) < 4.78 is 0. The Morgan fingerprint density at radius 3 is 2.44 bits per heavy atom. The summed E-state index contributed by atoms with van der Waals surface area (Å²) in [5.41, 5.74) is 10.7. The minimum absolute atomic E-state index is 0.141. The Kier molecular flexibility index (Phi) is 1.11. The van der Waals surface area contributed by atoms with E-state index in [1.807, 2.05) is 0 Å². The Labute approximate surface area is 51.0 Å². The molecule has 0 unspecified atom stereocenters. The minimum atomic E-state index is 0.141. The van der Waals surface area contributed by atoms with E-state index in [0.29, 0.717) is 6.29 Å². The summed E-state index contributed by atoms with van der Waals surface area (Å²) in [6, 6.07) is 0. The van der Waals surface area contributed by atoms with Crippen LogP contribution in [0.4, 0.5) is 11.6 Å². The fourth-order valence-corrected chi connectivity index (χ4v) is 0.503. The van der Waals surface area contributed by atoms with Crippen molar-refractivity contribution in [1.29, 1.82) is 0 Å². The van der Waals surface area contributed by atoms with Crippen molar-refractivity contribution in [3.8, 4) is 0 Å². The van der Waals surface area contributed by atoms with E-state index in [4.69, 9.17) is 11.5 Å². The van der Waals surface area contributed by atoms with Gasteiger partial charge in [-0.25, -0.2) is 0 Å². The monoisotopic (exact) mass is 126 g/mol. The summed E-state index contributed by atoms with van der Waals surface area (Å²) in [7, 11) is 0. The maximum atomic E-state index is 10.1. The molecule has 0 saturated heterocycles. The van der Waals surface area contributed by atoms with Gasteiger partial charge in [-0.1, -0.05) is 0 Å². The summed E-state index contributed by atoms with van der Waals surface area (Å²) in [5, 5.41) is 5.84. The summed E-state index contributed by atoms with van der Waals surface area (Å²) in [6.07, 6.45) is 0.564. The molecular formula is C4H6N4O. The molecule has 1 heterocycles. The van der Waals surface area contributed by atoms with Gasteiger partial charge >= 0.3 is 0 Å². The molecule has 9 heavy (non-hydrogen) atoms. The number of anilines is 2. The first-order valence-corrected chi connectivity index (χ1v) is 2.30. The first-order chi connectivity index (χ1) is 4.25. The van der Waals surface area contributed by atoms with Crippen molar-refractivity contribution in [2.24, 2.45) is 0 Å². The molecular weight excluding hydrogens is 120 g/mol. The molecule has 0 bridgehead atoms. The van der Waals surface area contributed by atoms with Gasteiger partial charge in [-0.05, 0) is 0 Å². The highest BCUT2D eigenvalue weighted by Crippen LogP contribution is 2.10. The molecule has 0 aliphatic rings. The molecule has 1 aromatic rings. The number of nitrogens with two attached hydrogens (primary N) is 2. The van der Waals surface area contributed by atoms with E-state index in [1.54, 1.807) is 0 Å². The van der Waals surface area contributed by atoms with Gasteiger partial charge in [0, 0.05) is 0 Å². The van der Waals surface area contributed by atoms with E-state index in [2.05, 4.69) is 10.2 Å². The molecule has 0 aromatic carbocycles. The van der Waals surface area contributed by atoms with Gasteiger partial charge in [0.05, 0.1) is 5.56 Å². The molecule has 1 aromatic heterocycles. The van der Waals surface area contributed by atoms with Crippen LogP contribution in [0, 0.1) is 0 Å². The maximum absolute atomic E-state index is 10.1. The third-order valence-corrected chi connectivity index (χ3v) is 0.981. The zero-order valence-corrected chi connectivity index (χ0v) is 4.59. The standard InChI is InChI=1S/C4H6N4O/c5-3-2(1-9)4(6)8-7-3/h1H,(H5,5,6,7,8). The van der Waals surface area contributed by atoms with Crippen LogP contribution in [-0.2, 0) is 0 Å². The van der Waals surface area contributed by atoms with E-state index in [-0.39, 0.29) is 17.2 Å². The lowest BCUT2D eigenvalue weighted by Crippen LogP contribution is -1.92. The lowest BCUT2D eigenvalue weighted by molar-refractivity contribution is 0.112. The normalized spacial score (nSPS) is 9.33. The van der Waals surface area contributed by atoms with Crippen LogP contribution in [0.25, 0.3) is 0 Å². The van der Waals surface area contributed by atoms with Crippen molar-refractivity contribution in [2.75, 3.05) is 11.5 Å². The van der Waals surface area contributed by atoms with Crippen molar-refractivity contribution in [3.05, 3.63) is 5.56 Å². The van der Waals surface area contributed by atoms with Crippen LogP contribution in [0.1, 0.15) is 10.4 Å². The number of carbonyl (C=O) groups excluding carboxylic acids is 1. The number of rotatable bonds is 1. The number of aldehydes is 1. The number of nitrogens with zero attached hydrogens (tertiary/aromatic N) is 1. The molecule has 1 rings (SSSR count). The highest BCUT2D eigenvalue weighted by Gasteiger charge is 2.04. The molecule has 0 atom stereocenters. The van der Waals surface area contributed by atoms with E-state index < -0.39 is 0 Å². The van der Waals surface area contributed by atoms with Crippen LogP contribution >= 0.6 is 0 Å². The molecule has 0 fully saturated rings. The van der Waals surface area contributed by atoms with Crippen molar-refractivity contribution in [2.45, 2.75) is 0 Å². The summed E-state index contributed by atoms with van der Waals surface area (Å²) >= 11 is 0. The van der Waals surface area contributed by atoms with Crippen LogP contribution in [0.5, 0.6) is 0 Å². The number of H-pyrrole nitrogens is 1. The number of nitrogen functional groups attached to an aromatic ring is 2. The van der Waals surface area contributed by atoms with Gasteiger partial charge in [0.15, 0.2) is 12.1 Å². The summed E-state index contributed by atoms with van der Waals surface area (Å²) in [5.74, 6) is 0.352. The fourth-order valence-electron chi connectivity index (χ4n) is 0.503. The first kappa shape index (κ1) is 5.61. The van der Waals surface area contributed by atoms with Crippen LogP contribution in [0.15, 0.2) is 0 Å². The van der Waals surface area contributed by atoms with E-state index in [9.17, 15) is 4.79 Å². The minimum Gasteiger partial charge on any atom is -0.383 e. The van der Waals surface area contributed by atoms with E-state index >= 15 is 0 Å². The second-order valence-corrected chi connectivity index (χ2v) is 1.55. The predicted molar refractivity (Wildman–Crippen MR) is 32.8 cm³/mol. The quantitative estimate of drug-likeness (QED) is 0.437. The van der Waals surface area contributed by atoms with Crippen LogP contribution < -0.4 is 11.5 Å². The Bertz CT molecular complexity index is 209. The average Bonchev–Trinajstić information content (AvgIpc) is 2.12. The zero-order chi connectivity index (χ0) is 6.85. The van der Waals surface area contributed by atoms with Gasteiger partial charge < -0.3 is 11.5 Å². The van der Waals surface area contributed by atoms with Gasteiger partial charge in [0.1, 0.15) is 5.82 Å². The Morgan fingerprint density at radius 2 is 2.22 bits per heavy atom. The third-order valence-electron chi connectivity index (χ3n) is 0.981. The molecule has 0 amide bonds. The average molecular weight is 126 g/mol. The van der Waals surface area contributed by atoms with Gasteiger partial charge in [-0.3, -0.25) is 9.89 Å². The number of nitrogens with one attached hydrogen (secondary N) is 1. The molecule has 0 aliphatic carbocycles. The molecule has 48 valence electrons. The fraction of sp³-hybridized carbons (Fsp3) is 0. The van der Waals surface area contributed by atoms with Gasteiger partial charge in [0.25, 0.3) is 0 Å². The first-order valence-electron chi connectivity index (χ1n) is 2.30. The molecule has 5 N–H and O–H groups in total. The zero-order valence-electron chi connectivity index (χ0n) is 4.59. The highest BCUT2D eigenvalue weighted by atomic mass is 16.1. The largest absolute Gasteiger partial charge is 0.383 e. The third kappa shape index (κ3) is 0.716. The molecule has 0 spiro atoms.